The number of nitrogens with zero attached hydrogens (tertiary/aromatic N) is 6. The van der Waals surface area contributed by atoms with Crippen LogP contribution >= 0.6 is 0 Å². The number of likely N-dealkylation sites (N-methyl/N-ethyl adjacent to an activating group) is 1. The number of hydrogen-bond donors (Lipinski definition) is 1. The average Bonchev–Trinajstić information content (AvgIpc) is 3.25. The number of aliphatic imine (C=N–C) groups is 1. The molecule has 0 saturated carbocycles. The van der Waals surface area contributed by atoms with Gasteiger partial charge in [0.05, 0.1) is 18.8 Å². The molecule has 9 nitrogen and oxygen atoms in total. The number of guanidine groups is 1. The number of imide groups is 1. The van der Waals surface area contributed by atoms with Crippen molar-refractivity contribution in [3.05, 3.63) is 41.7 Å². The summed E-state index contributed by atoms with van der Waals surface area (Å²) in [5.74, 6) is 6.45. The molecule has 1 aromatic carbocycles. The van der Waals surface area contributed by atoms with Gasteiger partial charge in [-0.25, -0.2) is 9.79 Å². The molecule has 0 bridgehead atoms. The number of piperidine rings is 1. The highest BCUT2D eigenvalue weighted by molar-refractivity contribution is 6.04. The van der Waals surface area contributed by atoms with E-state index in [2.05, 4.69) is 21.7 Å². The first-order chi connectivity index (χ1) is 16.9. The average molecular weight is 474 g/mol. The van der Waals surface area contributed by atoms with Crippen molar-refractivity contribution in [1.29, 1.82) is 0 Å². The normalized spacial score (nSPS) is 24.5. The quantitative estimate of drug-likeness (QED) is 0.682. The molecule has 2 aromatic rings. The predicted octanol–water partition coefficient (Wildman–Crippen LogP) is 1.75. The summed E-state index contributed by atoms with van der Waals surface area (Å²) in [4.78, 5) is 43.7. The standard InChI is InChI=1S/C26H31N7O2/c1-4-5-13-32-22-23(29-25(32)31-12-8-9-18(27)15-31)30(3)26(35)33(24(22)34)16-21-20-11-7-6-10-19(20)17(2)14-28-21/h6-7,10-11,14,18,22-23H,8-9,12-13,15-16,27H2,1-3H3/t18-,22?,23?/m1/s1. The SMILES string of the molecule is CC#CCN1C(N2CCC[C@@H](N)C2)=NC2C1C(=O)N(Cc1ncc(C)c3ccccc13)C(=O)N2C. The van der Waals surface area contributed by atoms with E-state index >= 15 is 0 Å². The molecule has 3 atom stereocenters. The number of rotatable bonds is 3. The highest BCUT2D eigenvalue weighted by atomic mass is 16.2. The second-order valence-electron chi connectivity index (χ2n) is 9.44. The maximum Gasteiger partial charge on any atom is 0.328 e. The molecule has 0 aliphatic carbocycles. The van der Waals surface area contributed by atoms with E-state index in [0.717, 1.165) is 35.7 Å². The Morgan fingerprint density at radius 3 is 2.71 bits per heavy atom. The van der Waals surface area contributed by atoms with Crippen LogP contribution in [0.3, 0.4) is 0 Å². The van der Waals surface area contributed by atoms with Crippen molar-refractivity contribution in [3.8, 4) is 11.8 Å². The Labute approximate surface area is 205 Å². The molecule has 2 N–H and O–H groups in total. The van der Waals surface area contributed by atoms with Crippen molar-refractivity contribution < 1.29 is 9.59 Å². The van der Waals surface area contributed by atoms with Gasteiger partial charge < -0.3 is 20.4 Å². The van der Waals surface area contributed by atoms with Crippen LogP contribution in [0.1, 0.15) is 31.0 Å². The van der Waals surface area contributed by atoms with Gasteiger partial charge in [-0.2, -0.15) is 0 Å². The summed E-state index contributed by atoms with van der Waals surface area (Å²) in [5, 5.41) is 2.01. The van der Waals surface area contributed by atoms with Gasteiger partial charge in [0.15, 0.2) is 18.2 Å². The van der Waals surface area contributed by atoms with Gasteiger partial charge in [0.25, 0.3) is 5.91 Å². The lowest BCUT2D eigenvalue weighted by atomic mass is 10.0. The molecule has 2 fully saturated rings. The molecule has 3 amide bonds. The van der Waals surface area contributed by atoms with E-state index in [1.54, 1.807) is 25.1 Å². The molecule has 0 spiro atoms. The minimum atomic E-state index is -0.636. The number of fused-ring (bicyclic) bond motifs is 2. The minimum absolute atomic E-state index is 0.0561. The summed E-state index contributed by atoms with van der Waals surface area (Å²) < 4.78 is 0. The van der Waals surface area contributed by atoms with Crippen LogP contribution in [0.5, 0.6) is 0 Å². The largest absolute Gasteiger partial charge is 0.341 e. The highest BCUT2D eigenvalue weighted by Gasteiger charge is 2.53. The smallest absolute Gasteiger partial charge is 0.328 e. The van der Waals surface area contributed by atoms with Crippen LogP contribution in [0, 0.1) is 18.8 Å². The second-order valence-corrected chi connectivity index (χ2v) is 9.44. The number of urea groups is 1. The van der Waals surface area contributed by atoms with Gasteiger partial charge in [0.1, 0.15) is 0 Å². The number of aryl methyl sites for hydroxylation is 1. The van der Waals surface area contributed by atoms with Crippen molar-refractivity contribution in [3.63, 3.8) is 0 Å². The van der Waals surface area contributed by atoms with Gasteiger partial charge in [-0.3, -0.25) is 14.7 Å². The van der Waals surface area contributed by atoms with E-state index in [0.29, 0.717) is 24.7 Å². The van der Waals surface area contributed by atoms with E-state index in [9.17, 15) is 9.59 Å². The second kappa shape index (κ2) is 9.19. The Kier molecular flexibility index (Phi) is 6.07. The third kappa shape index (κ3) is 3.98. The van der Waals surface area contributed by atoms with E-state index in [1.165, 1.54) is 4.90 Å². The molecule has 0 radical (unpaired) electrons. The van der Waals surface area contributed by atoms with Gasteiger partial charge >= 0.3 is 6.03 Å². The van der Waals surface area contributed by atoms with Crippen LogP contribution in [-0.2, 0) is 11.3 Å². The summed E-state index contributed by atoms with van der Waals surface area (Å²) in [6.07, 6.45) is 3.13. The van der Waals surface area contributed by atoms with E-state index in [4.69, 9.17) is 10.7 Å². The molecule has 3 aliphatic heterocycles. The fourth-order valence-corrected chi connectivity index (χ4v) is 5.27. The van der Waals surface area contributed by atoms with Crippen LogP contribution in [0.25, 0.3) is 10.8 Å². The minimum Gasteiger partial charge on any atom is -0.341 e. The first-order valence-electron chi connectivity index (χ1n) is 12.1. The zero-order chi connectivity index (χ0) is 24.7. The molecule has 2 unspecified atom stereocenters. The van der Waals surface area contributed by atoms with Crippen molar-refractivity contribution >= 4 is 28.7 Å². The van der Waals surface area contributed by atoms with Gasteiger partial charge in [-0.05, 0) is 37.6 Å². The maximum absolute atomic E-state index is 13.9. The Hall–Kier alpha value is -3.64. The topological polar surface area (TPSA) is 98.4 Å². The van der Waals surface area contributed by atoms with Crippen molar-refractivity contribution in [2.45, 2.75) is 51.5 Å². The number of likely N-dealkylation sites (tertiary alicyclic amines) is 1. The monoisotopic (exact) mass is 473 g/mol. The number of aromatic nitrogens is 1. The van der Waals surface area contributed by atoms with Crippen LogP contribution in [0.4, 0.5) is 4.79 Å². The Morgan fingerprint density at radius 1 is 1.20 bits per heavy atom. The predicted molar refractivity (Wildman–Crippen MR) is 134 cm³/mol. The fourth-order valence-electron chi connectivity index (χ4n) is 5.27. The number of benzene rings is 1. The highest BCUT2D eigenvalue weighted by Crippen LogP contribution is 2.31. The molecule has 1 aromatic heterocycles. The Balaban J connectivity index is 1.49. The first-order valence-corrected chi connectivity index (χ1v) is 12.1. The van der Waals surface area contributed by atoms with E-state index in [1.807, 2.05) is 36.1 Å². The zero-order valence-corrected chi connectivity index (χ0v) is 20.4. The molecular weight excluding hydrogens is 442 g/mol. The lowest BCUT2D eigenvalue weighted by Gasteiger charge is -2.42. The number of carbonyl (C=O) groups is 2. The van der Waals surface area contributed by atoms with Crippen LogP contribution in [0.15, 0.2) is 35.5 Å². The summed E-state index contributed by atoms with van der Waals surface area (Å²) in [5.41, 5.74) is 7.98. The van der Waals surface area contributed by atoms with Gasteiger partial charge in [-0.1, -0.05) is 30.2 Å². The molecule has 5 rings (SSSR count). The van der Waals surface area contributed by atoms with Crippen molar-refractivity contribution in [2.75, 3.05) is 26.7 Å². The van der Waals surface area contributed by atoms with Crippen molar-refractivity contribution in [2.24, 2.45) is 10.7 Å². The van der Waals surface area contributed by atoms with Gasteiger partial charge in [-0.15, -0.1) is 5.92 Å². The number of carbonyl (C=O) groups excluding carboxylic acids is 2. The first kappa shape index (κ1) is 23.1. The van der Waals surface area contributed by atoms with E-state index < -0.39 is 12.2 Å². The van der Waals surface area contributed by atoms with Crippen LogP contribution in [-0.4, -0.2) is 87.4 Å². The number of nitrogens with two attached hydrogens (primary N) is 1. The van der Waals surface area contributed by atoms with E-state index in [-0.39, 0.29) is 24.5 Å². The third-order valence-electron chi connectivity index (χ3n) is 7.12. The summed E-state index contributed by atoms with van der Waals surface area (Å²) in [7, 11) is 1.71. The third-order valence-corrected chi connectivity index (χ3v) is 7.12. The molecule has 2 saturated heterocycles. The van der Waals surface area contributed by atoms with Crippen LogP contribution in [0.2, 0.25) is 0 Å². The lowest BCUT2D eigenvalue weighted by molar-refractivity contribution is -0.138. The van der Waals surface area contributed by atoms with Gasteiger partial charge in [0.2, 0.25) is 0 Å². The molecule has 3 aliphatic rings. The molecule has 4 heterocycles. The summed E-state index contributed by atoms with van der Waals surface area (Å²) in [6.45, 7) is 5.73. The fraction of sp³-hybridized carbons (Fsp3) is 0.462. The zero-order valence-electron chi connectivity index (χ0n) is 20.4. The number of pyridine rings is 1. The lowest BCUT2D eigenvalue weighted by Crippen LogP contribution is -2.65. The molecular formula is C26H31N7O2. The maximum atomic E-state index is 13.9. The van der Waals surface area contributed by atoms with Crippen molar-refractivity contribution in [1.82, 2.24) is 24.6 Å². The summed E-state index contributed by atoms with van der Waals surface area (Å²) >= 11 is 0. The number of hydrogen-bond acceptors (Lipinski definition) is 7. The Morgan fingerprint density at radius 2 is 1.97 bits per heavy atom. The Bertz CT molecular complexity index is 1260. The number of amides is 3. The molecule has 35 heavy (non-hydrogen) atoms. The van der Waals surface area contributed by atoms with Crippen LogP contribution < -0.4 is 5.73 Å². The summed E-state index contributed by atoms with van der Waals surface area (Å²) in [6, 6.07) is 6.98. The van der Waals surface area contributed by atoms with Gasteiger partial charge in [0, 0.05) is 37.8 Å². The molecule has 182 valence electrons. The molecule has 9 heteroatoms.